The van der Waals surface area contributed by atoms with E-state index in [9.17, 15) is 0 Å². The summed E-state index contributed by atoms with van der Waals surface area (Å²) >= 11 is 0. The molecule has 0 spiro atoms. The van der Waals surface area contributed by atoms with Crippen molar-refractivity contribution in [2.75, 3.05) is 18.4 Å². The number of hydrogen-bond donors (Lipinski definition) is 2. The summed E-state index contributed by atoms with van der Waals surface area (Å²) in [5.41, 5.74) is 2.56. The minimum absolute atomic E-state index is 0.540. The fraction of sp³-hybridized carbons (Fsp3) is 0.667. The molecule has 0 bridgehead atoms. The van der Waals surface area contributed by atoms with Gasteiger partial charge in [0.25, 0.3) is 0 Å². The molecule has 1 aromatic rings. The topological polar surface area (TPSA) is 49.8 Å². The Morgan fingerprint density at radius 2 is 2.12 bits per heavy atom. The number of rotatable bonds is 5. The Bertz CT molecular complexity index is 349. The Labute approximate surface area is 96.9 Å². The smallest absolute Gasteiger partial charge is 0.132 e. The van der Waals surface area contributed by atoms with Crippen molar-refractivity contribution in [2.45, 2.75) is 39.2 Å². The van der Waals surface area contributed by atoms with Crippen molar-refractivity contribution in [3.63, 3.8) is 0 Å². The van der Waals surface area contributed by atoms with Crippen LogP contribution in [0.25, 0.3) is 0 Å². The SMILES string of the molecule is CC(C)NCCNc1ncnc2c1CCC2. The highest BCUT2D eigenvalue weighted by Crippen LogP contribution is 2.24. The molecule has 0 saturated heterocycles. The molecule has 0 amide bonds. The van der Waals surface area contributed by atoms with E-state index in [1.54, 1.807) is 6.33 Å². The van der Waals surface area contributed by atoms with Crippen molar-refractivity contribution in [3.05, 3.63) is 17.6 Å². The molecule has 0 unspecified atom stereocenters. The molecule has 0 atom stereocenters. The van der Waals surface area contributed by atoms with Gasteiger partial charge in [0.1, 0.15) is 12.1 Å². The van der Waals surface area contributed by atoms with E-state index in [1.165, 1.54) is 17.7 Å². The molecule has 2 N–H and O–H groups in total. The molecule has 4 heteroatoms. The molecular weight excluding hydrogens is 200 g/mol. The number of fused-ring (bicyclic) bond motifs is 1. The first-order chi connectivity index (χ1) is 7.77. The van der Waals surface area contributed by atoms with Crippen LogP contribution in [0.3, 0.4) is 0 Å². The van der Waals surface area contributed by atoms with Gasteiger partial charge in [-0.3, -0.25) is 0 Å². The highest BCUT2D eigenvalue weighted by Gasteiger charge is 2.16. The molecule has 1 aliphatic carbocycles. The number of aromatic nitrogens is 2. The van der Waals surface area contributed by atoms with Gasteiger partial charge in [-0.15, -0.1) is 0 Å². The maximum Gasteiger partial charge on any atom is 0.132 e. The Morgan fingerprint density at radius 1 is 1.25 bits per heavy atom. The van der Waals surface area contributed by atoms with Crippen molar-refractivity contribution in [1.82, 2.24) is 15.3 Å². The monoisotopic (exact) mass is 220 g/mol. The first-order valence-corrected chi connectivity index (χ1v) is 6.07. The van der Waals surface area contributed by atoms with Crippen LogP contribution in [0.2, 0.25) is 0 Å². The maximum absolute atomic E-state index is 4.32. The summed E-state index contributed by atoms with van der Waals surface area (Å²) in [6.45, 7) is 6.20. The molecule has 0 saturated carbocycles. The molecule has 16 heavy (non-hydrogen) atoms. The molecule has 0 aliphatic heterocycles. The minimum atomic E-state index is 0.540. The van der Waals surface area contributed by atoms with Gasteiger partial charge in [-0.1, -0.05) is 13.8 Å². The first kappa shape index (κ1) is 11.3. The van der Waals surface area contributed by atoms with E-state index in [0.29, 0.717) is 6.04 Å². The van der Waals surface area contributed by atoms with Crippen LogP contribution >= 0.6 is 0 Å². The Balaban J connectivity index is 1.88. The molecule has 88 valence electrons. The van der Waals surface area contributed by atoms with E-state index in [4.69, 9.17) is 0 Å². The summed E-state index contributed by atoms with van der Waals surface area (Å²) in [5.74, 6) is 1.04. The van der Waals surface area contributed by atoms with Crippen molar-refractivity contribution in [3.8, 4) is 0 Å². The van der Waals surface area contributed by atoms with Gasteiger partial charge in [-0.25, -0.2) is 9.97 Å². The van der Waals surface area contributed by atoms with Crippen LogP contribution in [-0.4, -0.2) is 29.1 Å². The normalized spacial score (nSPS) is 14.2. The average Bonchev–Trinajstić information content (AvgIpc) is 2.72. The van der Waals surface area contributed by atoms with E-state index in [2.05, 4.69) is 34.4 Å². The molecule has 1 heterocycles. The number of nitrogens with one attached hydrogen (secondary N) is 2. The molecular formula is C12H20N4. The number of aryl methyl sites for hydroxylation is 1. The van der Waals surface area contributed by atoms with Gasteiger partial charge in [0, 0.05) is 30.4 Å². The van der Waals surface area contributed by atoms with Crippen LogP contribution in [0, 0.1) is 0 Å². The van der Waals surface area contributed by atoms with Crippen LogP contribution < -0.4 is 10.6 Å². The van der Waals surface area contributed by atoms with E-state index in [1.807, 2.05) is 0 Å². The zero-order chi connectivity index (χ0) is 11.4. The molecule has 4 nitrogen and oxygen atoms in total. The van der Waals surface area contributed by atoms with Gasteiger partial charge in [0.2, 0.25) is 0 Å². The Kier molecular flexibility index (Phi) is 3.72. The van der Waals surface area contributed by atoms with Gasteiger partial charge in [0.15, 0.2) is 0 Å². The molecule has 1 aromatic heterocycles. The second-order valence-electron chi connectivity index (χ2n) is 4.54. The fourth-order valence-electron chi connectivity index (χ4n) is 2.05. The van der Waals surface area contributed by atoms with E-state index < -0.39 is 0 Å². The van der Waals surface area contributed by atoms with Crippen LogP contribution in [-0.2, 0) is 12.8 Å². The lowest BCUT2D eigenvalue weighted by Gasteiger charge is -2.11. The van der Waals surface area contributed by atoms with Crippen molar-refractivity contribution in [2.24, 2.45) is 0 Å². The fourth-order valence-corrected chi connectivity index (χ4v) is 2.05. The van der Waals surface area contributed by atoms with Gasteiger partial charge in [-0.2, -0.15) is 0 Å². The molecule has 0 aromatic carbocycles. The van der Waals surface area contributed by atoms with E-state index >= 15 is 0 Å². The predicted molar refractivity (Wildman–Crippen MR) is 65.7 cm³/mol. The summed E-state index contributed by atoms with van der Waals surface area (Å²) in [6, 6.07) is 0.540. The second kappa shape index (κ2) is 5.25. The third kappa shape index (κ3) is 2.70. The summed E-state index contributed by atoms with van der Waals surface area (Å²) in [4.78, 5) is 8.63. The first-order valence-electron chi connectivity index (χ1n) is 6.07. The largest absolute Gasteiger partial charge is 0.368 e. The number of anilines is 1. The summed E-state index contributed by atoms with van der Waals surface area (Å²) < 4.78 is 0. The zero-order valence-corrected chi connectivity index (χ0v) is 10.1. The third-order valence-electron chi connectivity index (χ3n) is 2.84. The third-order valence-corrected chi connectivity index (χ3v) is 2.84. The van der Waals surface area contributed by atoms with Crippen LogP contribution in [0.1, 0.15) is 31.5 Å². The lowest BCUT2D eigenvalue weighted by atomic mass is 10.2. The Morgan fingerprint density at radius 3 is 2.94 bits per heavy atom. The molecule has 0 radical (unpaired) electrons. The van der Waals surface area contributed by atoms with Crippen LogP contribution in [0.15, 0.2) is 6.33 Å². The second-order valence-corrected chi connectivity index (χ2v) is 4.54. The average molecular weight is 220 g/mol. The van der Waals surface area contributed by atoms with E-state index in [0.717, 1.165) is 31.7 Å². The van der Waals surface area contributed by atoms with Crippen molar-refractivity contribution >= 4 is 5.82 Å². The van der Waals surface area contributed by atoms with E-state index in [-0.39, 0.29) is 0 Å². The molecule has 1 aliphatic rings. The van der Waals surface area contributed by atoms with Crippen LogP contribution in [0.4, 0.5) is 5.82 Å². The lowest BCUT2D eigenvalue weighted by molar-refractivity contribution is 0.602. The summed E-state index contributed by atoms with van der Waals surface area (Å²) in [5, 5.41) is 6.76. The maximum atomic E-state index is 4.32. The van der Waals surface area contributed by atoms with Crippen LogP contribution in [0.5, 0.6) is 0 Å². The van der Waals surface area contributed by atoms with Gasteiger partial charge < -0.3 is 10.6 Å². The molecule has 0 fully saturated rings. The predicted octanol–water partition coefficient (Wildman–Crippen LogP) is 1.38. The highest BCUT2D eigenvalue weighted by molar-refractivity contribution is 5.47. The minimum Gasteiger partial charge on any atom is -0.368 e. The van der Waals surface area contributed by atoms with Gasteiger partial charge in [-0.05, 0) is 19.3 Å². The number of hydrogen-bond acceptors (Lipinski definition) is 4. The summed E-state index contributed by atoms with van der Waals surface area (Å²) in [7, 11) is 0. The quantitative estimate of drug-likeness (QED) is 0.736. The lowest BCUT2D eigenvalue weighted by Crippen LogP contribution is -2.28. The highest BCUT2D eigenvalue weighted by atomic mass is 15.0. The number of nitrogens with zero attached hydrogens (tertiary/aromatic N) is 2. The zero-order valence-electron chi connectivity index (χ0n) is 10.1. The molecule has 2 rings (SSSR count). The van der Waals surface area contributed by atoms with Gasteiger partial charge in [0.05, 0.1) is 0 Å². The van der Waals surface area contributed by atoms with Gasteiger partial charge >= 0.3 is 0 Å². The Hall–Kier alpha value is -1.16. The van der Waals surface area contributed by atoms with Crippen molar-refractivity contribution < 1.29 is 0 Å². The summed E-state index contributed by atoms with van der Waals surface area (Å²) in [6.07, 6.45) is 5.11. The standard InChI is InChI=1S/C12H20N4/c1-9(2)13-6-7-14-12-10-4-3-5-11(10)15-8-16-12/h8-9,13H,3-7H2,1-2H3,(H,14,15,16). The van der Waals surface area contributed by atoms with Crippen molar-refractivity contribution in [1.29, 1.82) is 0 Å².